The van der Waals surface area contributed by atoms with Gasteiger partial charge in [0.25, 0.3) is 0 Å². The Bertz CT molecular complexity index is 814. The van der Waals surface area contributed by atoms with Crippen molar-refractivity contribution in [3.05, 3.63) is 48.0 Å². The van der Waals surface area contributed by atoms with Crippen LogP contribution < -0.4 is 19.5 Å². The van der Waals surface area contributed by atoms with Gasteiger partial charge in [-0.15, -0.1) is 0 Å². The van der Waals surface area contributed by atoms with Gasteiger partial charge in [-0.1, -0.05) is 6.07 Å². The van der Waals surface area contributed by atoms with E-state index in [0.717, 1.165) is 54.4 Å². The predicted octanol–water partition coefficient (Wildman–Crippen LogP) is 3.46. The maximum absolute atomic E-state index is 12.2. The second-order valence-corrected chi connectivity index (χ2v) is 7.38. The Morgan fingerprint density at radius 3 is 2.64 bits per heavy atom. The number of hydrogen-bond donors (Lipinski definition) is 1. The van der Waals surface area contributed by atoms with E-state index in [2.05, 4.69) is 17.3 Å². The maximum atomic E-state index is 12.2. The summed E-state index contributed by atoms with van der Waals surface area (Å²) < 4.78 is 16.7. The van der Waals surface area contributed by atoms with Crippen LogP contribution in [-0.2, 0) is 11.2 Å². The molecule has 0 radical (unpaired) electrons. The van der Waals surface area contributed by atoms with Crippen molar-refractivity contribution in [2.75, 3.05) is 32.2 Å². The van der Waals surface area contributed by atoms with Gasteiger partial charge < -0.3 is 24.4 Å². The number of carbonyl (C=O) groups excluding carboxylic acids is 1. The third-order valence-electron chi connectivity index (χ3n) is 5.18. The van der Waals surface area contributed by atoms with Crippen molar-refractivity contribution in [1.29, 1.82) is 0 Å². The van der Waals surface area contributed by atoms with Crippen LogP contribution >= 0.6 is 0 Å². The fraction of sp³-hybridized carbons (Fsp3) is 0.409. The van der Waals surface area contributed by atoms with Gasteiger partial charge >= 0.3 is 0 Å². The van der Waals surface area contributed by atoms with Crippen LogP contribution in [0.4, 0.5) is 5.69 Å². The Kier molecular flexibility index (Phi) is 5.67. The van der Waals surface area contributed by atoms with E-state index in [1.54, 1.807) is 0 Å². The first-order valence-electron chi connectivity index (χ1n) is 9.79. The lowest BCUT2D eigenvalue weighted by Gasteiger charge is -2.29. The van der Waals surface area contributed by atoms with Gasteiger partial charge in [-0.3, -0.25) is 4.79 Å². The third-order valence-corrected chi connectivity index (χ3v) is 5.18. The highest BCUT2D eigenvalue weighted by atomic mass is 16.7. The minimum absolute atomic E-state index is 0.0124. The first-order chi connectivity index (χ1) is 13.7. The number of anilines is 1. The Balaban J connectivity index is 1.24. The number of amides is 1. The van der Waals surface area contributed by atoms with Crippen molar-refractivity contribution < 1.29 is 19.0 Å². The number of likely N-dealkylation sites (tertiary alicyclic amines) is 1. The van der Waals surface area contributed by atoms with E-state index in [4.69, 9.17) is 14.2 Å². The van der Waals surface area contributed by atoms with E-state index in [1.807, 2.05) is 42.5 Å². The average molecular weight is 382 g/mol. The van der Waals surface area contributed by atoms with Crippen LogP contribution in [0.25, 0.3) is 0 Å². The number of piperidine rings is 1. The maximum Gasteiger partial charge on any atom is 0.231 e. The lowest BCUT2D eigenvalue weighted by atomic mass is 10.1. The molecular formula is C22H26N2O4. The highest BCUT2D eigenvalue weighted by Gasteiger charge is 2.18. The van der Waals surface area contributed by atoms with E-state index in [-0.39, 0.29) is 18.8 Å². The zero-order chi connectivity index (χ0) is 19.3. The lowest BCUT2D eigenvalue weighted by molar-refractivity contribution is -0.116. The summed E-state index contributed by atoms with van der Waals surface area (Å²) >= 11 is 0. The van der Waals surface area contributed by atoms with Crippen LogP contribution in [-0.4, -0.2) is 43.8 Å². The summed E-state index contributed by atoms with van der Waals surface area (Å²) in [4.78, 5) is 14.6. The molecule has 28 heavy (non-hydrogen) atoms. The molecule has 0 saturated carbocycles. The van der Waals surface area contributed by atoms with Gasteiger partial charge in [-0.05, 0) is 68.3 Å². The molecule has 2 aromatic rings. The van der Waals surface area contributed by atoms with Gasteiger partial charge in [-0.2, -0.15) is 0 Å². The smallest absolute Gasteiger partial charge is 0.231 e. The molecule has 2 aliphatic rings. The second-order valence-electron chi connectivity index (χ2n) is 7.38. The minimum atomic E-state index is -0.0124. The Morgan fingerprint density at radius 1 is 1.11 bits per heavy atom. The van der Waals surface area contributed by atoms with E-state index < -0.39 is 0 Å². The van der Waals surface area contributed by atoms with Crippen LogP contribution in [0, 0.1) is 0 Å². The fourth-order valence-corrected chi connectivity index (χ4v) is 3.49. The Morgan fingerprint density at radius 2 is 1.86 bits per heavy atom. The van der Waals surface area contributed by atoms with Gasteiger partial charge in [0.05, 0.1) is 0 Å². The van der Waals surface area contributed by atoms with Crippen molar-refractivity contribution in [2.45, 2.75) is 31.8 Å². The molecule has 2 heterocycles. The third kappa shape index (κ3) is 4.75. The minimum Gasteiger partial charge on any atom is -0.490 e. The lowest BCUT2D eigenvalue weighted by Crippen LogP contribution is -2.35. The van der Waals surface area contributed by atoms with Crippen LogP contribution in [0.3, 0.4) is 0 Å². The monoisotopic (exact) mass is 382 g/mol. The number of fused-ring (bicyclic) bond motifs is 1. The quantitative estimate of drug-likeness (QED) is 0.829. The van der Waals surface area contributed by atoms with Gasteiger partial charge in [0.15, 0.2) is 11.5 Å². The molecule has 0 atom stereocenters. The van der Waals surface area contributed by atoms with Crippen molar-refractivity contribution >= 4 is 11.6 Å². The number of aryl methyl sites for hydroxylation is 1. The first-order valence-corrected chi connectivity index (χ1v) is 9.79. The van der Waals surface area contributed by atoms with E-state index >= 15 is 0 Å². The molecular weight excluding hydrogens is 356 g/mol. The van der Waals surface area contributed by atoms with Gasteiger partial charge in [0.2, 0.25) is 12.7 Å². The molecule has 2 aromatic carbocycles. The molecule has 6 nitrogen and oxygen atoms in total. The van der Waals surface area contributed by atoms with Crippen molar-refractivity contribution in [1.82, 2.24) is 4.90 Å². The van der Waals surface area contributed by atoms with Crippen molar-refractivity contribution in [3.63, 3.8) is 0 Å². The topological polar surface area (TPSA) is 60.0 Å². The number of hydrogen-bond acceptors (Lipinski definition) is 5. The Labute approximate surface area is 165 Å². The summed E-state index contributed by atoms with van der Waals surface area (Å²) in [5.74, 6) is 2.35. The Hall–Kier alpha value is -2.73. The molecule has 0 bridgehead atoms. The molecule has 0 spiro atoms. The molecule has 0 aromatic heterocycles. The largest absolute Gasteiger partial charge is 0.490 e. The summed E-state index contributed by atoms with van der Waals surface area (Å²) in [6.45, 7) is 2.40. The standard InChI is InChI=1S/C22H26N2O4/c1-24-12-10-19(11-13-24)28-18-6-4-17(5-7-18)23-22(25)9-3-16-2-8-20-21(14-16)27-15-26-20/h2,4-8,14,19H,3,9-13,15H2,1H3,(H,23,25). The molecule has 0 unspecified atom stereocenters. The van der Waals surface area contributed by atoms with E-state index in [9.17, 15) is 4.79 Å². The fourth-order valence-electron chi connectivity index (χ4n) is 3.49. The molecule has 148 valence electrons. The zero-order valence-corrected chi connectivity index (χ0v) is 16.1. The number of nitrogens with zero attached hydrogens (tertiary/aromatic N) is 1. The molecule has 2 aliphatic heterocycles. The second kappa shape index (κ2) is 8.52. The summed E-state index contributed by atoms with van der Waals surface area (Å²) in [6, 6.07) is 13.4. The molecule has 1 N–H and O–H groups in total. The number of ether oxygens (including phenoxy) is 3. The number of nitrogens with one attached hydrogen (secondary N) is 1. The van der Waals surface area contributed by atoms with E-state index in [0.29, 0.717) is 12.8 Å². The summed E-state index contributed by atoms with van der Waals surface area (Å²) in [5, 5.41) is 2.94. The van der Waals surface area contributed by atoms with Crippen molar-refractivity contribution in [3.8, 4) is 17.2 Å². The predicted molar refractivity (Wildman–Crippen MR) is 107 cm³/mol. The van der Waals surface area contributed by atoms with Crippen LogP contribution in [0.15, 0.2) is 42.5 Å². The van der Waals surface area contributed by atoms with Gasteiger partial charge in [-0.25, -0.2) is 0 Å². The van der Waals surface area contributed by atoms with Gasteiger partial charge in [0.1, 0.15) is 11.9 Å². The molecule has 1 fully saturated rings. The van der Waals surface area contributed by atoms with E-state index in [1.165, 1.54) is 0 Å². The summed E-state index contributed by atoms with van der Waals surface area (Å²) in [7, 11) is 2.14. The number of carbonyl (C=O) groups is 1. The molecule has 0 aliphatic carbocycles. The van der Waals surface area contributed by atoms with Crippen LogP contribution in [0.2, 0.25) is 0 Å². The number of benzene rings is 2. The average Bonchev–Trinajstić information content (AvgIpc) is 3.17. The summed E-state index contributed by atoms with van der Waals surface area (Å²) in [6.07, 6.45) is 3.44. The number of rotatable bonds is 6. The van der Waals surface area contributed by atoms with Crippen LogP contribution in [0.5, 0.6) is 17.2 Å². The van der Waals surface area contributed by atoms with Crippen LogP contribution in [0.1, 0.15) is 24.8 Å². The molecule has 1 amide bonds. The molecule has 1 saturated heterocycles. The normalized spacial score (nSPS) is 16.8. The summed E-state index contributed by atoms with van der Waals surface area (Å²) in [5.41, 5.74) is 1.84. The SMILES string of the molecule is CN1CCC(Oc2ccc(NC(=O)CCc3ccc4c(c3)OCO4)cc2)CC1. The first kappa shape index (κ1) is 18.6. The van der Waals surface area contributed by atoms with Gasteiger partial charge in [0, 0.05) is 25.2 Å². The zero-order valence-electron chi connectivity index (χ0n) is 16.1. The highest BCUT2D eigenvalue weighted by Crippen LogP contribution is 2.32. The molecule has 4 rings (SSSR count). The molecule has 6 heteroatoms. The van der Waals surface area contributed by atoms with Crippen molar-refractivity contribution in [2.24, 2.45) is 0 Å². The highest BCUT2D eigenvalue weighted by molar-refractivity contribution is 5.90.